The average Bonchev–Trinajstić information content (AvgIpc) is 2.99. The largest absolute Gasteiger partial charge is 0.378 e. The van der Waals surface area contributed by atoms with Crippen LogP contribution in [-0.2, 0) is 9.47 Å². The molecule has 3 aliphatic rings. The van der Waals surface area contributed by atoms with Crippen molar-refractivity contribution in [3.63, 3.8) is 0 Å². The molecule has 3 rings (SSSR count). The van der Waals surface area contributed by atoms with Gasteiger partial charge in [-0.2, -0.15) is 0 Å². The van der Waals surface area contributed by atoms with Gasteiger partial charge < -0.3 is 19.7 Å². The van der Waals surface area contributed by atoms with E-state index in [1.165, 1.54) is 6.42 Å². The highest BCUT2D eigenvalue weighted by Crippen LogP contribution is 2.52. The molecular formula is C18H33N3O2. The van der Waals surface area contributed by atoms with Gasteiger partial charge in [-0.3, -0.25) is 4.99 Å². The van der Waals surface area contributed by atoms with E-state index in [4.69, 9.17) is 14.5 Å². The quantitative estimate of drug-likeness (QED) is 0.637. The number of aliphatic imine (C=N–C) groups is 1. The number of nitrogens with zero attached hydrogens (tertiary/aromatic N) is 2. The fourth-order valence-corrected chi connectivity index (χ4v) is 4.61. The standard InChI is InChI=1S/C18H33N3O2/c1-5-19-17(21-10-7-13(8-11-21)22-6-2)20-15-14-9-12-23-16(14)18(15,3)4/h13-16H,5-12H2,1-4H3,(H,19,20). The van der Waals surface area contributed by atoms with Gasteiger partial charge in [0.1, 0.15) is 0 Å². The fourth-order valence-electron chi connectivity index (χ4n) is 4.61. The molecule has 0 aromatic heterocycles. The fraction of sp³-hybridized carbons (Fsp3) is 0.944. The van der Waals surface area contributed by atoms with Gasteiger partial charge in [0, 0.05) is 50.2 Å². The van der Waals surface area contributed by atoms with Gasteiger partial charge in [0.15, 0.2) is 5.96 Å². The third-order valence-corrected chi connectivity index (χ3v) is 5.84. The highest BCUT2D eigenvalue weighted by Gasteiger charge is 2.59. The number of fused-ring (bicyclic) bond motifs is 1. The van der Waals surface area contributed by atoms with Gasteiger partial charge in [-0.1, -0.05) is 13.8 Å². The van der Waals surface area contributed by atoms with Gasteiger partial charge >= 0.3 is 0 Å². The van der Waals surface area contributed by atoms with Crippen molar-refractivity contribution in [2.75, 3.05) is 32.8 Å². The van der Waals surface area contributed by atoms with Crippen LogP contribution >= 0.6 is 0 Å². The summed E-state index contributed by atoms with van der Waals surface area (Å²) < 4.78 is 11.7. The maximum absolute atomic E-state index is 5.92. The van der Waals surface area contributed by atoms with Crippen molar-refractivity contribution in [3.05, 3.63) is 0 Å². The lowest BCUT2D eigenvalue weighted by atomic mass is 9.57. The first-order valence-electron chi connectivity index (χ1n) is 9.37. The number of rotatable bonds is 4. The lowest BCUT2D eigenvalue weighted by Crippen LogP contribution is -2.68. The van der Waals surface area contributed by atoms with Crippen LogP contribution in [0.4, 0.5) is 0 Å². The molecule has 23 heavy (non-hydrogen) atoms. The van der Waals surface area contributed by atoms with Crippen LogP contribution in [0.1, 0.15) is 47.0 Å². The molecule has 3 atom stereocenters. The minimum atomic E-state index is 0.194. The second-order valence-corrected chi connectivity index (χ2v) is 7.63. The van der Waals surface area contributed by atoms with Crippen LogP contribution in [0, 0.1) is 11.3 Å². The first-order valence-corrected chi connectivity index (χ1v) is 9.37. The van der Waals surface area contributed by atoms with Crippen LogP contribution < -0.4 is 5.32 Å². The molecule has 0 aromatic carbocycles. The molecule has 0 amide bonds. The first kappa shape index (κ1) is 17.0. The number of nitrogens with one attached hydrogen (secondary N) is 1. The van der Waals surface area contributed by atoms with E-state index in [1.807, 2.05) is 0 Å². The Hall–Kier alpha value is -0.810. The lowest BCUT2D eigenvalue weighted by molar-refractivity contribution is -0.107. The molecule has 1 aliphatic carbocycles. The smallest absolute Gasteiger partial charge is 0.194 e. The van der Waals surface area contributed by atoms with Gasteiger partial charge in [0.2, 0.25) is 0 Å². The number of hydrogen-bond acceptors (Lipinski definition) is 3. The Labute approximate surface area is 140 Å². The van der Waals surface area contributed by atoms with Gasteiger partial charge in [0.25, 0.3) is 0 Å². The summed E-state index contributed by atoms with van der Waals surface area (Å²) in [4.78, 5) is 7.19. The average molecular weight is 323 g/mol. The van der Waals surface area contributed by atoms with Crippen molar-refractivity contribution in [3.8, 4) is 0 Å². The molecule has 132 valence electrons. The molecular weight excluding hydrogens is 290 g/mol. The molecule has 2 heterocycles. The Morgan fingerprint density at radius 1 is 1.26 bits per heavy atom. The molecule has 0 radical (unpaired) electrons. The Balaban J connectivity index is 1.61. The number of ether oxygens (including phenoxy) is 2. The second-order valence-electron chi connectivity index (χ2n) is 7.63. The zero-order valence-electron chi connectivity index (χ0n) is 15.2. The summed E-state index contributed by atoms with van der Waals surface area (Å²) in [6, 6.07) is 0.477. The summed E-state index contributed by atoms with van der Waals surface area (Å²) >= 11 is 0. The van der Waals surface area contributed by atoms with E-state index < -0.39 is 0 Å². The lowest BCUT2D eigenvalue weighted by Gasteiger charge is -2.55. The molecule has 1 saturated carbocycles. The Bertz CT molecular complexity index is 430. The highest BCUT2D eigenvalue weighted by molar-refractivity contribution is 5.80. The number of likely N-dealkylation sites (tertiary alicyclic amines) is 1. The van der Waals surface area contributed by atoms with Gasteiger partial charge in [-0.25, -0.2) is 0 Å². The Morgan fingerprint density at radius 3 is 2.65 bits per heavy atom. The summed E-state index contributed by atoms with van der Waals surface area (Å²) in [5.41, 5.74) is 0.194. The van der Waals surface area contributed by atoms with Crippen molar-refractivity contribution < 1.29 is 9.47 Å². The molecule has 0 spiro atoms. The Morgan fingerprint density at radius 2 is 2.00 bits per heavy atom. The van der Waals surface area contributed by atoms with Crippen molar-refractivity contribution in [2.24, 2.45) is 16.3 Å². The maximum atomic E-state index is 5.92. The minimum absolute atomic E-state index is 0.194. The zero-order valence-corrected chi connectivity index (χ0v) is 15.2. The van der Waals surface area contributed by atoms with Crippen LogP contribution in [0.2, 0.25) is 0 Å². The third kappa shape index (κ3) is 3.22. The summed E-state index contributed by atoms with van der Waals surface area (Å²) in [5.74, 6) is 1.74. The van der Waals surface area contributed by atoms with Crippen LogP contribution in [0.3, 0.4) is 0 Å². The number of guanidine groups is 1. The summed E-state index contributed by atoms with van der Waals surface area (Å²) in [6.45, 7) is 13.5. The van der Waals surface area contributed by atoms with E-state index in [0.29, 0.717) is 24.2 Å². The SMILES string of the molecule is CCN=C(NC1C2CCOC2C1(C)C)N1CCC(OCC)CC1. The van der Waals surface area contributed by atoms with E-state index in [0.717, 1.165) is 51.6 Å². The van der Waals surface area contributed by atoms with Crippen molar-refractivity contribution >= 4 is 5.96 Å². The van der Waals surface area contributed by atoms with E-state index in [-0.39, 0.29) is 5.41 Å². The van der Waals surface area contributed by atoms with E-state index in [2.05, 4.69) is 37.9 Å². The molecule has 5 nitrogen and oxygen atoms in total. The van der Waals surface area contributed by atoms with Crippen LogP contribution in [0.15, 0.2) is 4.99 Å². The van der Waals surface area contributed by atoms with Gasteiger partial charge in [-0.05, 0) is 33.1 Å². The van der Waals surface area contributed by atoms with E-state index in [1.54, 1.807) is 0 Å². The predicted octanol–water partition coefficient (Wildman–Crippen LogP) is 2.27. The van der Waals surface area contributed by atoms with Crippen LogP contribution in [0.25, 0.3) is 0 Å². The Kier molecular flexibility index (Phi) is 5.16. The normalized spacial score (nSPS) is 34.2. The van der Waals surface area contributed by atoms with Crippen molar-refractivity contribution in [1.82, 2.24) is 10.2 Å². The molecule has 5 heteroatoms. The van der Waals surface area contributed by atoms with Gasteiger partial charge in [-0.15, -0.1) is 0 Å². The summed E-state index contributed by atoms with van der Waals surface area (Å²) in [6.07, 6.45) is 4.22. The topological polar surface area (TPSA) is 46.1 Å². The minimum Gasteiger partial charge on any atom is -0.378 e. The van der Waals surface area contributed by atoms with Crippen LogP contribution in [0.5, 0.6) is 0 Å². The zero-order chi connectivity index (χ0) is 16.4. The molecule has 3 unspecified atom stereocenters. The summed E-state index contributed by atoms with van der Waals surface area (Å²) in [5, 5.41) is 3.79. The van der Waals surface area contributed by atoms with Crippen LogP contribution in [-0.4, -0.2) is 62.0 Å². The van der Waals surface area contributed by atoms with E-state index in [9.17, 15) is 0 Å². The monoisotopic (exact) mass is 323 g/mol. The highest BCUT2D eigenvalue weighted by atomic mass is 16.5. The molecule has 3 fully saturated rings. The summed E-state index contributed by atoms with van der Waals surface area (Å²) in [7, 11) is 0. The molecule has 1 N–H and O–H groups in total. The molecule has 2 saturated heterocycles. The van der Waals surface area contributed by atoms with Crippen molar-refractivity contribution in [2.45, 2.75) is 65.2 Å². The predicted molar refractivity (Wildman–Crippen MR) is 92.7 cm³/mol. The van der Waals surface area contributed by atoms with E-state index >= 15 is 0 Å². The molecule has 0 aromatic rings. The van der Waals surface area contributed by atoms with Gasteiger partial charge in [0.05, 0.1) is 12.2 Å². The number of hydrogen-bond donors (Lipinski definition) is 1. The van der Waals surface area contributed by atoms with Crippen molar-refractivity contribution in [1.29, 1.82) is 0 Å². The number of piperidine rings is 1. The third-order valence-electron chi connectivity index (χ3n) is 5.84. The molecule has 2 aliphatic heterocycles. The second kappa shape index (κ2) is 6.98. The first-order chi connectivity index (χ1) is 11.1. The maximum Gasteiger partial charge on any atom is 0.194 e. The molecule has 0 bridgehead atoms.